The predicted molar refractivity (Wildman–Crippen MR) is 146 cm³/mol. The quantitative estimate of drug-likeness (QED) is 0.278. The van der Waals surface area contributed by atoms with Crippen LogP contribution in [-0.2, 0) is 16.6 Å². The summed E-state index contributed by atoms with van der Waals surface area (Å²) in [6.07, 6.45) is 0. The number of aryl methyl sites for hydroxylation is 1. The van der Waals surface area contributed by atoms with E-state index in [1.165, 1.54) is 9.87 Å². The van der Waals surface area contributed by atoms with Crippen molar-refractivity contribution in [3.05, 3.63) is 94.1 Å². The Hall–Kier alpha value is -3.20. The molecule has 4 aromatic rings. The fourth-order valence-electron chi connectivity index (χ4n) is 3.96. The topological polar surface area (TPSA) is 63.9 Å². The Morgan fingerprint density at radius 2 is 1.56 bits per heavy atom. The number of benzene rings is 3. The van der Waals surface area contributed by atoms with Crippen LogP contribution in [0.3, 0.4) is 0 Å². The van der Waals surface area contributed by atoms with Crippen LogP contribution in [0, 0.1) is 6.92 Å². The van der Waals surface area contributed by atoms with E-state index in [2.05, 4.69) is 41.1 Å². The Morgan fingerprint density at radius 3 is 2.14 bits per heavy atom. The second kappa shape index (κ2) is 11.2. The van der Waals surface area contributed by atoms with E-state index >= 15 is 0 Å². The number of hydrogen-bond donors (Lipinski definition) is 0. The van der Waals surface area contributed by atoms with E-state index in [4.69, 9.17) is 9.73 Å². The molecule has 0 fully saturated rings. The van der Waals surface area contributed by atoms with Crippen LogP contribution in [0.1, 0.15) is 25.0 Å². The fraction of sp³-hybridized carbons (Fsp3) is 0.250. The number of rotatable bonds is 9. The lowest BCUT2D eigenvalue weighted by atomic mass is 10.1. The van der Waals surface area contributed by atoms with Gasteiger partial charge in [0.2, 0.25) is 10.0 Å². The van der Waals surface area contributed by atoms with Gasteiger partial charge < -0.3 is 9.30 Å². The molecule has 188 valence electrons. The zero-order valence-electron chi connectivity index (χ0n) is 21.0. The lowest BCUT2D eigenvalue weighted by molar-refractivity contribution is 0.415. The maximum Gasteiger partial charge on any atom is 0.243 e. The molecule has 0 spiro atoms. The molecular formula is C28H31N3O3S2. The first-order chi connectivity index (χ1) is 17.3. The second-order valence-electron chi connectivity index (χ2n) is 8.40. The molecule has 1 heterocycles. The lowest BCUT2D eigenvalue weighted by Crippen LogP contribution is -2.30. The molecule has 0 N–H and O–H groups in total. The van der Waals surface area contributed by atoms with Gasteiger partial charge in [0.1, 0.15) is 5.75 Å². The molecule has 3 aromatic carbocycles. The highest BCUT2D eigenvalue weighted by Gasteiger charge is 2.21. The van der Waals surface area contributed by atoms with E-state index in [-0.39, 0.29) is 0 Å². The molecule has 0 atom stereocenters. The molecule has 0 aliphatic heterocycles. The molecule has 0 radical (unpaired) electrons. The number of ether oxygens (including phenoxy) is 1. The summed E-state index contributed by atoms with van der Waals surface area (Å²) in [5.41, 5.74) is 5.13. The van der Waals surface area contributed by atoms with Gasteiger partial charge in [0.25, 0.3) is 0 Å². The van der Waals surface area contributed by atoms with Crippen molar-refractivity contribution < 1.29 is 13.2 Å². The van der Waals surface area contributed by atoms with Crippen LogP contribution < -0.4 is 9.54 Å². The van der Waals surface area contributed by atoms with Crippen LogP contribution in [0.15, 0.2) is 88.1 Å². The number of methoxy groups -OCH3 is 1. The fourth-order valence-corrected chi connectivity index (χ4v) is 6.34. The van der Waals surface area contributed by atoms with Gasteiger partial charge in [-0.05, 0) is 54.4 Å². The monoisotopic (exact) mass is 521 g/mol. The van der Waals surface area contributed by atoms with Gasteiger partial charge in [0.05, 0.1) is 29.9 Å². The summed E-state index contributed by atoms with van der Waals surface area (Å²) in [7, 11) is -1.86. The summed E-state index contributed by atoms with van der Waals surface area (Å²) >= 11 is 1.56. The van der Waals surface area contributed by atoms with Gasteiger partial charge in [-0.2, -0.15) is 4.31 Å². The normalized spacial score (nSPS) is 12.3. The first kappa shape index (κ1) is 25.9. The van der Waals surface area contributed by atoms with Crippen LogP contribution in [0.4, 0.5) is 5.69 Å². The molecule has 36 heavy (non-hydrogen) atoms. The molecule has 1 aromatic heterocycles. The average molecular weight is 522 g/mol. The standard InChI is InChI=1S/C28H31N3O3S2/c1-5-30(6-2)36(32,33)26-17-11-23(12-18-26)27-20-35-28(29-24-13-15-25(34-4)16-14-24)31(27)19-22-9-7-21(3)8-10-22/h7-18,20H,5-6,19H2,1-4H3. The molecule has 4 rings (SSSR count). The first-order valence-electron chi connectivity index (χ1n) is 11.9. The SMILES string of the molecule is CCN(CC)S(=O)(=O)c1ccc(-c2csc(=Nc3ccc(OC)cc3)n2Cc2ccc(C)cc2)cc1. The van der Waals surface area contributed by atoms with Crippen molar-refractivity contribution >= 4 is 27.0 Å². The van der Waals surface area contributed by atoms with E-state index in [0.717, 1.165) is 33.1 Å². The smallest absolute Gasteiger partial charge is 0.243 e. The molecule has 0 aliphatic carbocycles. The molecule has 0 saturated heterocycles. The highest BCUT2D eigenvalue weighted by atomic mass is 32.2. The summed E-state index contributed by atoms with van der Waals surface area (Å²) in [4.78, 5) is 6.06. The minimum Gasteiger partial charge on any atom is -0.497 e. The Balaban J connectivity index is 1.77. The molecule has 0 amide bonds. The molecule has 0 saturated carbocycles. The minimum atomic E-state index is -3.50. The van der Waals surface area contributed by atoms with Crippen molar-refractivity contribution in [3.63, 3.8) is 0 Å². The third-order valence-electron chi connectivity index (χ3n) is 6.05. The Labute approximate surface area is 217 Å². The zero-order chi connectivity index (χ0) is 25.7. The molecule has 6 nitrogen and oxygen atoms in total. The highest BCUT2D eigenvalue weighted by Crippen LogP contribution is 2.25. The Kier molecular flexibility index (Phi) is 8.08. The van der Waals surface area contributed by atoms with Crippen molar-refractivity contribution in [2.24, 2.45) is 4.99 Å². The van der Waals surface area contributed by atoms with Crippen molar-refractivity contribution in [2.75, 3.05) is 20.2 Å². The summed E-state index contributed by atoms with van der Waals surface area (Å²) in [5, 5.41) is 2.07. The summed E-state index contributed by atoms with van der Waals surface area (Å²) in [6, 6.07) is 23.3. The summed E-state index contributed by atoms with van der Waals surface area (Å²) < 4.78 is 34.8. The lowest BCUT2D eigenvalue weighted by Gasteiger charge is -2.18. The predicted octanol–water partition coefficient (Wildman–Crippen LogP) is 5.84. The van der Waals surface area contributed by atoms with E-state index in [1.807, 2.05) is 50.2 Å². The number of aromatic nitrogens is 1. The number of sulfonamides is 1. The van der Waals surface area contributed by atoms with Crippen LogP contribution in [-0.4, -0.2) is 37.5 Å². The van der Waals surface area contributed by atoms with Crippen LogP contribution >= 0.6 is 11.3 Å². The van der Waals surface area contributed by atoms with Crippen molar-refractivity contribution in [1.29, 1.82) is 0 Å². The van der Waals surface area contributed by atoms with Crippen molar-refractivity contribution in [2.45, 2.75) is 32.2 Å². The van der Waals surface area contributed by atoms with Gasteiger partial charge >= 0.3 is 0 Å². The Bertz CT molecular complexity index is 1470. The van der Waals surface area contributed by atoms with E-state index in [1.54, 1.807) is 30.6 Å². The van der Waals surface area contributed by atoms with Crippen molar-refractivity contribution in [1.82, 2.24) is 8.87 Å². The van der Waals surface area contributed by atoms with Gasteiger partial charge in [0.15, 0.2) is 4.80 Å². The summed E-state index contributed by atoms with van der Waals surface area (Å²) in [6.45, 7) is 7.31. The molecule has 0 unspecified atom stereocenters. The number of nitrogens with zero attached hydrogens (tertiary/aromatic N) is 3. The largest absolute Gasteiger partial charge is 0.497 e. The van der Waals surface area contributed by atoms with Crippen molar-refractivity contribution in [3.8, 4) is 17.0 Å². The molecular weight excluding hydrogens is 490 g/mol. The van der Waals surface area contributed by atoms with Gasteiger partial charge in [0, 0.05) is 18.5 Å². The molecule has 0 bridgehead atoms. The van der Waals surface area contributed by atoms with Crippen LogP contribution in [0.5, 0.6) is 5.75 Å². The van der Waals surface area contributed by atoms with Gasteiger partial charge in [-0.3, -0.25) is 0 Å². The maximum absolute atomic E-state index is 12.9. The van der Waals surface area contributed by atoms with Gasteiger partial charge in [-0.15, -0.1) is 11.3 Å². The Morgan fingerprint density at radius 1 is 0.917 bits per heavy atom. The number of thiazole rings is 1. The zero-order valence-corrected chi connectivity index (χ0v) is 22.6. The van der Waals surface area contributed by atoms with E-state index < -0.39 is 10.0 Å². The van der Waals surface area contributed by atoms with Gasteiger partial charge in [-0.1, -0.05) is 55.8 Å². The second-order valence-corrected chi connectivity index (χ2v) is 11.2. The maximum atomic E-state index is 12.9. The number of hydrogen-bond acceptors (Lipinski definition) is 5. The van der Waals surface area contributed by atoms with Crippen LogP contribution in [0.2, 0.25) is 0 Å². The van der Waals surface area contributed by atoms with Gasteiger partial charge in [-0.25, -0.2) is 13.4 Å². The van der Waals surface area contributed by atoms with E-state index in [0.29, 0.717) is 24.5 Å². The minimum absolute atomic E-state index is 0.304. The third-order valence-corrected chi connectivity index (χ3v) is 8.98. The van der Waals surface area contributed by atoms with E-state index in [9.17, 15) is 8.42 Å². The average Bonchev–Trinajstić information content (AvgIpc) is 3.28. The molecule has 8 heteroatoms. The summed E-state index contributed by atoms with van der Waals surface area (Å²) in [5.74, 6) is 0.785. The van der Waals surface area contributed by atoms with Crippen LogP contribution in [0.25, 0.3) is 11.3 Å². The third kappa shape index (κ3) is 5.61. The highest BCUT2D eigenvalue weighted by molar-refractivity contribution is 7.89. The molecule has 0 aliphatic rings. The first-order valence-corrected chi connectivity index (χ1v) is 14.2.